The molecule has 3 N–H and O–H groups in total. The van der Waals surface area contributed by atoms with Crippen molar-refractivity contribution >= 4 is 45.5 Å². The lowest BCUT2D eigenvalue weighted by Gasteiger charge is -2.44. The number of hydrogen-bond acceptors (Lipinski definition) is 8. The van der Waals surface area contributed by atoms with Crippen molar-refractivity contribution in [2.24, 2.45) is 10.2 Å². The molecule has 2 fully saturated rings. The number of pyridine rings is 1. The molecule has 10 nitrogen and oxygen atoms in total. The first-order valence-corrected chi connectivity index (χ1v) is 12.5. The normalized spacial score (nSPS) is 20.4. The Kier molecular flexibility index (Phi) is 4.84. The zero-order valence-electron chi connectivity index (χ0n) is 18.4. The Hall–Kier alpha value is -3.05. The minimum Gasteiger partial charge on any atom is -0.481 e. The van der Waals surface area contributed by atoms with Crippen molar-refractivity contribution in [1.29, 1.82) is 0 Å². The topological polar surface area (TPSA) is 124 Å². The van der Waals surface area contributed by atoms with Crippen LogP contribution in [0.4, 0.5) is 17.6 Å². The number of nitrogens with zero attached hydrogens (tertiary/aromatic N) is 6. The first-order valence-electron chi connectivity index (χ1n) is 11.3. The zero-order chi connectivity index (χ0) is 22.6. The monoisotopic (exact) mass is 466 g/mol. The summed E-state index contributed by atoms with van der Waals surface area (Å²) in [6, 6.07) is 5.94. The van der Waals surface area contributed by atoms with Gasteiger partial charge < -0.3 is 10.1 Å². The van der Waals surface area contributed by atoms with Gasteiger partial charge in [-0.25, -0.2) is 24.3 Å². The van der Waals surface area contributed by atoms with Crippen molar-refractivity contribution in [3.8, 4) is 0 Å². The van der Waals surface area contributed by atoms with Crippen LogP contribution in [0.25, 0.3) is 11.0 Å². The fraction of sp³-hybridized carbons (Fsp3) is 0.455. The molecule has 3 aromatic heterocycles. The Morgan fingerprint density at radius 3 is 2.67 bits per heavy atom. The summed E-state index contributed by atoms with van der Waals surface area (Å²) in [5.74, 6) is 2.84. The number of hydrogen-bond donors (Lipinski definition) is 2. The Balaban J connectivity index is 1.45. The lowest BCUT2D eigenvalue weighted by molar-refractivity contribution is 0.220. The van der Waals surface area contributed by atoms with Crippen molar-refractivity contribution in [2.45, 2.75) is 61.4 Å². The lowest BCUT2D eigenvalue weighted by atomic mass is 9.80. The number of aromatic nitrogens is 4. The molecule has 1 aliphatic heterocycles. The second kappa shape index (κ2) is 7.77. The van der Waals surface area contributed by atoms with Gasteiger partial charge in [-0.05, 0) is 43.9 Å². The van der Waals surface area contributed by atoms with Crippen LogP contribution in [-0.2, 0) is 21.3 Å². The van der Waals surface area contributed by atoms with Gasteiger partial charge in [-0.3, -0.25) is 4.57 Å². The molecule has 4 heterocycles. The van der Waals surface area contributed by atoms with Gasteiger partial charge in [-0.15, -0.1) is 5.10 Å². The van der Waals surface area contributed by atoms with Crippen LogP contribution in [0.5, 0.6) is 0 Å². The highest BCUT2D eigenvalue weighted by Crippen LogP contribution is 2.47. The second-order valence-corrected chi connectivity index (χ2v) is 9.96. The molecular weight excluding hydrogens is 440 g/mol. The van der Waals surface area contributed by atoms with E-state index in [1.807, 2.05) is 6.20 Å². The fourth-order valence-electron chi connectivity index (χ4n) is 5.04. The smallest absolute Gasteiger partial charge is 0.232 e. The van der Waals surface area contributed by atoms with E-state index in [0.29, 0.717) is 22.7 Å². The maximum Gasteiger partial charge on any atom is 0.232 e. The SMILES string of the molecule is COC1=NN(C2CC2)c2cc3cnc(Nc4ccc(S(N)=O)cn4)nc3n2C12CCCCC2. The number of rotatable bonds is 4. The van der Waals surface area contributed by atoms with Crippen LogP contribution in [0.3, 0.4) is 0 Å². The molecule has 33 heavy (non-hydrogen) atoms. The van der Waals surface area contributed by atoms with Crippen LogP contribution in [0.1, 0.15) is 44.9 Å². The van der Waals surface area contributed by atoms with E-state index in [1.165, 1.54) is 12.6 Å². The van der Waals surface area contributed by atoms with Gasteiger partial charge in [-0.1, -0.05) is 19.3 Å². The number of anilines is 3. The van der Waals surface area contributed by atoms with Gasteiger partial charge in [0.1, 0.15) is 33.8 Å². The van der Waals surface area contributed by atoms with E-state index in [-0.39, 0.29) is 5.54 Å². The predicted molar refractivity (Wildman–Crippen MR) is 127 cm³/mol. The second-order valence-electron chi connectivity index (χ2n) is 8.89. The van der Waals surface area contributed by atoms with Crippen LogP contribution < -0.4 is 15.5 Å². The summed E-state index contributed by atoms with van der Waals surface area (Å²) in [6.45, 7) is 0. The van der Waals surface area contributed by atoms with E-state index in [4.69, 9.17) is 20.0 Å². The summed E-state index contributed by atoms with van der Waals surface area (Å²) >= 11 is 0. The van der Waals surface area contributed by atoms with Crippen LogP contribution in [0, 0.1) is 0 Å². The van der Waals surface area contributed by atoms with Crippen molar-refractivity contribution in [3.05, 3.63) is 30.6 Å². The van der Waals surface area contributed by atoms with E-state index in [0.717, 1.165) is 61.3 Å². The van der Waals surface area contributed by atoms with Crippen LogP contribution in [-0.4, -0.2) is 42.8 Å². The highest BCUT2D eigenvalue weighted by Gasteiger charge is 2.48. The van der Waals surface area contributed by atoms with E-state index >= 15 is 0 Å². The minimum atomic E-state index is -1.56. The summed E-state index contributed by atoms with van der Waals surface area (Å²) in [5.41, 5.74) is 0.533. The van der Waals surface area contributed by atoms with Crippen molar-refractivity contribution in [3.63, 3.8) is 0 Å². The van der Waals surface area contributed by atoms with Crippen molar-refractivity contribution in [1.82, 2.24) is 19.5 Å². The van der Waals surface area contributed by atoms with Crippen LogP contribution in [0.15, 0.2) is 40.6 Å². The van der Waals surface area contributed by atoms with Gasteiger partial charge in [0.05, 0.1) is 18.0 Å². The number of hydrazone groups is 1. The van der Waals surface area contributed by atoms with Gasteiger partial charge in [0.25, 0.3) is 0 Å². The van der Waals surface area contributed by atoms with Crippen LogP contribution >= 0.6 is 0 Å². The maximum atomic E-state index is 11.4. The summed E-state index contributed by atoms with van der Waals surface area (Å²) in [5, 5.41) is 16.7. The van der Waals surface area contributed by atoms with E-state index in [1.54, 1.807) is 19.2 Å². The Labute approximate surface area is 193 Å². The third-order valence-electron chi connectivity index (χ3n) is 6.76. The largest absolute Gasteiger partial charge is 0.481 e. The molecule has 1 spiro atoms. The molecule has 11 heteroatoms. The first kappa shape index (κ1) is 20.5. The summed E-state index contributed by atoms with van der Waals surface area (Å²) in [4.78, 5) is 14.2. The molecule has 3 aromatic rings. The van der Waals surface area contributed by atoms with Crippen LogP contribution in [0.2, 0.25) is 0 Å². The predicted octanol–water partition coefficient (Wildman–Crippen LogP) is 3.15. The first-order chi connectivity index (χ1) is 16.1. The molecule has 0 saturated heterocycles. The Bertz CT molecular complexity index is 1260. The molecular formula is C22H26N8O2S. The Morgan fingerprint density at radius 1 is 1.18 bits per heavy atom. The number of nitrogens with one attached hydrogen (secondary N) is 1. The molecule has 172 valence electrons. The third-order valence-corrected chi connectivity index (χ3v) is 7.46. The van der Waals surface area contributed by atoms with E-state index in [2.05, 4.69) is 30.9 Å². The highest BCUT2D eigenvalue weighted by molar-refractivity contribution is 7.82. The minimum absolute atomic E-state index is 0.327. The molecule has 1 atom stereocenters. The van der Waals surface area contributed by atoms with Gasteiger partial charge in [0.2, 0.25) is 11.8 Å². The van der Waals surface area contributed by atoms with Gasteiger partial charge in [-0.2, -0.15) is 4.98 Å². The van der Waals surface area contributed by atoms with Crippen molar-refractivity contribution < 1.29 is 8.95 Å². The number of nitrogens with two attached hydrogens (primary N) is 1. The number of methoxy groups -OCH3 is 1. The lowest BCUT2D eigenvalue weighted by Crippen LogP contribution is -2.50. The van der Waals surface area contributed by atoms with Crippen molar-refractivity contribution in [2.75, 3.05) is 17.4 Å². The molecule has 1 unspecified atom stereocenters. The van der Waals surface area contributed by atoms with E-state index < -0.39 is 11.0 Å². The number of ether oxygens (including phenoxy) is 1. The van der Waals surface area contributed by atoms with E-state index in [9.17, 15) is 4.21 Å². The summed E-state index contributed by atoms with van der Waals surface area (Å²) in [6.07, 6.45) is 11.0. The maximum absolute atomic E-state index is 11.4. The molecule has 0 radical (unpaired) electrons. The average Bonchev–Trinajstić information content (AvgIpc) is 3.60. The fourth-order valence-corrected chi connectivity index (χ4v) is 5.40. The third kappa shape index (κ3) is 3.37. The highest BCUT2D eigenvalue weighted by atomic mass is 32.2. The van der Waals surface area contributed by atoms with Gasteiger partial charge in [0, 0.05) is 17.8 Å². The Morgan fingerprint density at radius 2 is 2.00 bits per heavy atom. The molecule has 0 aromatic carbocycles. The molecule has 2 saturated carbocycles. The molecule has 2 aliphatic carbocycles. The summed E-state index contributed by atoms with van der Waals surface area (Å²) in [7, 11) is 0.160. The zero-order valence-corrected chi connectivity index (χ0v) is 19.2. The molecule has 3 aliphatic rings. The molecule has 0 amide bonds. The standard InChI is InChI=1S/C22H26N8O2S/c1-32-20-22(9-3-2-4-10-22)29-18(30(28-20)15-5-6-15)11-14-12-25-21(27-19(14)29)26-17-8-7-16(13-24-17)33(23)31/h7-8,11-13,15H,2-6,9-10,23H2,1H3,(H,24,25,26,27). The number of fused-ring (bicyclic) bond motifs is 4. The molecule has 6 rings (SSSR count). The molecule has 0 bridgehead atoms. The quantitative estimate of drug-likeness (QED) is 0.605. The van der Waals surface area contributed by atoms with Gasteiger partial charge in [0.15, 0.2) is 0 Å². The van der Waals surface area contributed by atoms with Gasteiger partial charge >= 0.3 is 0 Å². The average molecular weight is 467 g/mol. The summed E-state index contributed by atoms with van der Waals surface area (Å²) < 4.78 is 19.7.